The Hall–Kier alpha value is -2.21. The van der Waals surface area contributed by atoms with Gasteiger partial charge in [-0.25, -0.2) is 9.97 Å². The predicted octanol–water partition coefficient (Wildman–Crippen LogP) is 2.42. The molecule has 0 radical (unpaired) electrons. The molecule has 1 atom stereocenters. The molecule has 1 fully saturated rings. The molecule has 0 aromatic carbocycles. The first-order chi connectivity index (χ1) is 11.6. The number of aryl methyl sites for hydroxylation is 3. The maximum Gasteiger partial charge on any atom is 0.184 e. The molecular formula is C18H23N5O. The van der Waals surface area contributed by atoms with Crippen LogP contribution in [-0.2, 0) is 6.42 Å². The molecule has 3 aromatic rings. The second kappa shape index (κ2) is 5.70. The van der Waals surface area contributed by atoms with Crippen LogP contribution in [0.5, 0.6) is 0 Å². The second-order valence-corrected chi connectivity index (χ2v) is 6.72. The quantitative estimate of drug-likeness (QED) is 0.784. The van der Waals surface area contributed by atoms with Crippen molar-refractivity contribution in [1.29, 1.82) is 0 Å². The highest BCUT2D eigenvalue weighted by atomic mass is 16.3. The van der Waals surface area contributed by atoms with E-state index in [1.54, 1.807) is 0 Å². The SMILES string of the molecule is CCc1cc(N2CCCC(O)C2)n2nc3nc(C)cc(C)c3c2n1. The smallest absolute Gasteiger partial charge is 0.184 e. The Morgan fingerprint density at radius 1 is 1.25 bits per heavy atom. The van der Waals surface area contributed by atoms with Gasteiger partial charge in [0.15, 0.2) is 11.3 Å². The molecule has 24 heavy (non-hydrogen) atoms. The van der Waals surface area contributed by atoms with Gasteiger partial charge in [0.25, 0.3) is 0 Å². The molecule has 0 bridgehead atoms. The number of hydrogen-bond acceptors (Lipinski definition) is 5. The minimum Gasteiger partial charge on any atom is -0.391 e. The van der Waals surface area contributed by atoms with Gasteiger partial charge in [-0.05, 0) is 44.7 Å². The van der Waals surface area contributed by atoms with E-state index in [-0.39, 0.29) is 6.10 Å². The molecule has 1 N–H and O–H groups in total. The van der Waals surface area contributed by atoms with Crippen LogP contribution in [0.25, 0.3) is 16.7 Å². The number of aromatic nitrogens is 4. The zero-order chi connectivity index (χ0) is 16.8. The first-order valence-electron chi connectivity index (χ1n) is 8.66. The topological polar surface area (TPSA) is 66.5 Å². The van der Waals surface area contributed by atoms with E-state index in [0.29, 0.717) is 6.54 Å². The molecule has 4 rings (SSSR count). The third-order valence-electron chi connectivity index (χ3n) is 4.79. The molecule has 4 heterocycles. The Bertz CT molecular complexity index is 917. The molecule has 126 valence electrons. The van der Waals surface area contributed by atoms with Crippen LogP contribution in [0.4, 0.5) is 5.82 Å². The minimum absolute atomic E-state index is 0.279. The lowest BCUT2D eigenvalue weighted by atomic mass is 10.1. The lowest BCUT2D eigenvalue weighted by molar-refractivity contribution is 0.153. The minimum atomic E-state index is -0.279. The summed E-state index contributed by atoms with van der Waals surface area (Å²) >= 11 is 0. The highest BCUT2D eigenvalue weighted by molar-refractivity contribution is 5.93. The van der Waals surface area contributed by atoms with Crippen molar-refractivity contribution in [3.63, 3.8) is 0 Å². The molecule has 0 spiro atoms. The molecule has 1 aliphatic heterocycles. The number of aliphatic hydroxyl groups excluding tert-OH is 1. The van der Waals surface area contributed by atoms with E-state index >= 15 is 0 Å². The lowest BCUT2D eigenvalue weighted by Gasteiger charge is -2.32. The molecule has 0 amide bonds. The van der Waals surface area contributed by atoms with Crippen LogP contribution in [-0.4, -0.2) is 43.9 Å². The maximum absolute atomic E-state index is 10.1. The van der Waals surface area contributed by atoms with Crippen molar-refractivity contribution < 1.29 is 5.11 Å². The Kier molecular flexibility index (Phi) is 3.64. The summed E-state index contributed by atoms with van der Waals surface area (Å²) in [5, 5.41) is 15.8. The monoisotopic (exact) mass is 325 g/mol. The number of nitrogens with zero attached hydrogens (tertiary/aromatic N) is 5. The van der Waals surface area contributed by atoms with Gasteiger partial charge < -0.3 is 10.0 Å². The van der Waals surface area contributed by atoms with Crippen LogP contribution in [0.2, 0.25) is 0 Å². The highest BCUT2D eigenvalue weighted by Gasteiger charge is 2.23. The van der Waals surface area contributed by atoms with E-state index in [1.165, 1.54) is 0 Å². The molecule has 1 aliphatic rings. The standard InChI is InChI=1S/C18H23N5O/c1-4-13-9-15(22-7-5-6-14(24)10-22)23-18(20-13)16-11(2)8-12(3)19-17(16)21-23/h8-9,14,24H,4-7,10H2,1-3H3. The summed E-state index contributed by atoms with van der Waals surface area (Å²) < 4.78 is 1.90. The lowest BCUT2D eigenvalue weighted by Crippen LogP contribution is -2.39. The average Bonchev–Trinajstić information content (AvgIpc) is 2.91. The largest absolute Gasteiger partial charge is 0.391 e. The number of piperidine rings is 1. The van der Waals surface area contributed by atoms with Gasteiger partial charge in [0.2, 0.25) is 0 Å². The van der Waals surface area contributed by atoms with Crippen LogP contribution < -0.4 is 4.90 Å². The van der Waals surface area contributed by atoms with Crippen molar-refractivity contribution in [1.82, 2.24) is 19.6 Å². The first-order valence-corrected chi connectivity index (χ1v) is 8.66. The van der Waals surface area contributed by atoms with E-state index in [9.17, 15) is 5.11 Å². The molecule has 6 nitrogen and oxygen atoms in total. The summed E-state index contributed by atoms with van der Waals surface area (Å²) in [6.07, 6.45) is 2.44. The van der Waals surface area contributed by atoms with Crippen molar-refractivity contribution in [2.75, 3.05) is 18.0 Å². The number of fused-ring (bicyclic) bond motifs is 3. The van der Waals surface area contributed by atoms with Crippen molar-refractivity contribution in [2.24, 2.45) is 0 Å². The van der Waals surface area contributed by atoms with Gasteiger partial charge in [0, 0.05) is 30.5 Å². The van der Waals surface area contributed by atoms with Gasteiger partial charge in [-0.3, -0.25) is 0 Å². The molecule has 0 aliphatic carbocycles. The van der Waals surface area contributed by atoms with Crippen LogP contribution in [0, 0.1) is 13.8 Å². The molecule has 1 unspecified atom stereocenters. The zero-order valence-corrected chi connectivity index (χ0v) is 14.5. The maximum atomic E-state index is 10.1. The molecule has 1 saturated heterocycles. The normalized spacial score (nSPS) is 18.7. The Labute approximate surface area is 141 Å². The molecular weight excluding hydrogens is 302 g/mol. The summed E-state index contributed by atoms with van der Waals surface area (Å²) in [4.78, 5) is 11.6. The van der Waals surface area contributed by atoms with Crippen LogP contribution in [0.1, 0.15) is 36.7 Å². The van der Waals surface area contributed by atoms with E-state index < -0.39 is 0 Å². The fourth-order valence-electron chi connectivity index (χ4n) is 3.62. The third kappa shape index (κ3) is 2.41. The Balaban J connectivity index is 2.00. The van der Waals surface area contributed by atoms with E-state index in [1.807, 2.05) is 11.4 Å². The van der Waals surface area contributed by atoms with Gasteiger partial charge in [-0.15, -0.1) is 5.10 Å². The van der Waals surface area contributed by atoms with Crippen molar-refractivity contribution in [2.45, 2.75) is 46.1 Å². The van der Waals surface area contributed by atoms with Crippen LogP contribution >= 0.6 is 0 Å². The second-order valence-electron chi connectivity index (χ2n) is 6.72. The fourth-order valence-corrected chi connectivity index (χ4v) is 3.62. The number of hydrogen-bond donors (Lipinski definition) is 1. The fraction of sp³-hybridized carbons (Fsp3) is 0.500. The summed E-state index contributed by atoms with van der Waals surface area (Å²) in [6, 6.07) is 4.17. The number of β-amino-alcohol motifs (C(OH)–C–C–N with tert-alkyl or cyclic N) is 1. The average molecular weight is 325 g/mol. The van der Waals surface area contributed by atoms with E-state index in [4.69, 9.17) is 10.1 Å². The number of rotatable bonds is 2. The Morgan fingerprint density at radius 3 is 2.83 bits per heavy atom. The van der Waals surface area contributed by atoms with Crippen molar-refractivity contribution in [3.05, 3.63) is 29.1 Å². The summed E-state index contributed by atoms with van der Waals surface area (Å²) in [6.45, 7) is 7.76. The van der Waals surface area contributed by atoms with Crippen molar-refractivity contribution >= 4 is 22.5 Å². The summed E-state index contributed by atoms with van der Waals surface area (Å²) in [5.41, 5.74) is 4.77. The third-order valence-corrected chi connectivity index (χ3v) is 4.79. The molecule has 0 saturated carbocycles. The zero-order valence-electron chi connectivity index (χ0n) is 14.5. The highest BCUT2D eigenvalue weighted by Crippen LogP contribution is 2.28. The van der Waals surface area contributed by atoms with Gasteiger partial charge in [-0.2, -0.15) is 4.52 Å². The van der Waals surface area contributed by atoms with E-state index in [2.05, 4.69) is 35.9 Å². The van der Waals surface area contributed by atoms with Crippen LogP contribution in [0.3, 0.4) is 0 Å². The number of pyridine rings is 1. The molecule has 3 aromatic heterocycles. The Morgan fingerprint density at radius 2 is 2.08 bits per heavy atom. The number of anilines is 1. The van der Waals surface area contributed by atoms with Gasteiger partial charge in [0.05, 0.1) is 11.5 Å². The predicted molar refractivity (Wildman–Crippen MR) is 94.6 cm³/mol. The van der Waals surface area contributed by atoms with Crippen LogP contribution in [0.15, 0.2) is 12.1 Å². The number of aliphatic hydroxyl groups is 1. The van der Waals surface area contributed by atoms with E-state index in [0.717, 1.165) is 65.3 Å². The summed E-state index contributed by atoms with van der Waals surface area (Å²) in [5.74, 6) is 1.01. The van der Waals surface area contributed by atoms with Crippen molar-refractivity contribution in [3.8, 4) is 0 Å². The van der Waals surface area contributed by atoms with Gasteiger partial charge >= 0.3 is 0 Å². The molecule has 6 heteroatoms. The first kappa shape index (κ1) is 15.3. The summed E-state index contributed by atoms with van der Waals surface area (Å²) in [7, 11) is 0. The van der Waals surface area contributed by atoms with Gasteiger partial charge in [-0.1, -0.05) is 6.92 Å². The van der Waals surface area contributed by atoms with Gasteiger partial charge in [0.1, 0.15) is 5.82 Å².